The normalized spacial score (nSPS) is 16.0. The fourth-order valence-electron chi connectivity index (χ4n) is 4.18. The molecule has 0 spiro atoms. The summed E-state index contributed by atoms with van der Waals surface area (Å²) in [5.41, 5.74) is 3.48. The molecule has 0 saturated carbocycles. The van der Waals surface area contributed by atoms with Crippen molar-refractivity contribution in [3.8, 4) is 5.75 Å². The van der Waals surface area contributed by atoms with E-state index in [1.807, 2.05) is 30.3 Å². The van der Waals surface area contributed by atoms with Crippen molar-refractivity contribution in [2.75, 3.05) is 13.1 Å². The highest BCUT2D eigenvalue weighted by molar-refractivity contribution is 9.10. The second-order valence-electron chi connectivity index (χ2n) is 7.95. The highest BCUT2D eigenvalue weighted by Gasteiger charge is 2.30. The zero-order valence-electron chi connectivity index (χ0n) is 17.3. The summed E-state index contributed by atoms with van der Waals surface area (Å²) < 4.78 is 7.11. The van der Waals surface area contributed by atoms with E-state index in [0.29, 0.717) is 19.4 Å². The van der Waals surface area contributed by atoms with E-state index in [1.54, 1.807) is 0 Å². The number of carboxylic acids is 1. The summed E-state index contributed by atoms with van der Waals surface area (Å²) in [4.78, 5) is 13.8. The minimum atomic E-state index is -0.684. The first-order valence-corrected chi connectivity index (χ1v) is 11.4. The molecule has 0 aromatic heterocycles. The van der Waals surface area contributed by atoms with Crippen LogP contribution < -0.4 is 4.74 Å². The summed E-state index contributed by atoms with van der Waals surface area (Å²) in [6.07, 6.45) is 1.35. The van der Waals surface area contributed by atoms with Crippen LogP contribution in [0.1, 0.15) is 35.6 Å². The van der Waals surface area contributed by atoms with Crippen molar-refractivity contribution < 1.29 is 14.6 Å². The Kier molecular flexibility index (Phi) is 7.05. The van der Waals surface area contributed by atoms with Crippen molar-refractivity contribution in [3.63, 3.8) is 0 Å². The summed E-state index contributed by atoms with van der Waals surface area (Å²) in [5, 5.41) is 9.38. The molecule has 4 nitrogen and oxygen atoms in total. The number of likely N-dealkylation sites (tertiary alicyclic amines) is 1. The third-order valence-corrected chi connectivity index (χ3v) is 6.38. The van der Waals surface area contributed by atoms with Gasteiger partial charge in [-0.05, 0) is 66.9 Å². The zero-order valence-corrected chi connectivity index (χ0v) is 18.9. The van der Waals surface area contributed by atoms with Crippen molar-refractivity contribution in [2.24, 2.45) is 5.92 Å². The smallest absolute Gasteiger partial charge is 0.306 e. The van der Waals surface area contributed by atoms with E-state index in [4.69, 9.17) is 4.74 Å². The first-order valence-electron chi connectivity index (χ1n) is 10.6. The molecule has 1 fully saturated rings. The third-order valence-electron chi connectivity index (χ3n) is 5.85. The highest BCUT2D eigenvalue weighted by Crippen LogP contribution is 2.34. The number of carboxylic acid groups (broad SMARTS) is 1. The van der Waals surface area contributed by atoms with Gasteiger partial charge in [0.25, 0.3) is 0 Å². The van der Waals surface area contributed by atoms with Gasteiger partial charge in [0.05, 0.1) is 12.0 Å². The Morgan fingerprint density at radius 2 is 1.68 bits per heavy atom. The van der Waals surface area contributed by atoms with Crippen LogP contribution in [0.5, 0.6) is 5.75 Å². The van der Waals surface area contributed by atoms with Crippen LogP contribution >= 0.6 is 15.9 Å². The summed E-state index contributed by atoms with van der Waals surface area (Å²) in [5.74, 6) is -0.0950. The van der Waals surface area contributed by atoms with Crippen LogP contribution in [0.2, 0.25) is 0 Å². The standard InChI is InChI=1S/C26H26BrNO3/c27-23-11-9-20(10-12-23)25(28-15-13-21(14-16-28)26(29)30)22-7-4-8-24(17-22)31-18-19-5-2-1-3-6-19/h1-12,17,21,25H,13-16,18H2,(H,29,30). The molecule has 3 aromatic carbocycles. The molecule has 1 heterocycles. The van der Waals surface area contributed by atoms with Crippen LogP contribution in [0.3, 0.4) is 0 Å². The lowest BCUT2D eigenvalue weighted by atomic mass is 9.91. The summed E-state index contributed by atoms with van der Waals surface area (Å²) >= 11 is 3.53. The van der Waals surface area contributed by atoms with Crippen LogP contribution in [-0.4, -0.2) is 29.1 Å². The predicted octanol–water partition coefficient (Wildman–Crippen LogP) is 5.91. The topological polar surface area (TPSA) is 49.8 Å². The molecule has 1 N–H and O–H groups in total. The van der Waals surface area contributed by atoms with Gasteiger partial charge in [-0.2, -0.15) is 0 Å². The Morgan fingerprint density at radius 1 is 0.968 bits per heavy atom. The van der Waals surface area contributed by atoms with Crippen LogP contribution in [-0.2, 0) is 11.4 Å². The van der Waals surface area contributed by atoms with E-state index in [-0.39, 0.29) is 12.0 Å². The molecule has 1 aliphatic rings. The summed E-state index contributed by atoms with van der Waals surface area (Å²) in [7, 11) is 0. The van der Waals surface area contributed by atoms with Gasteiger partial charge >= 0.3 is 5.97 Å². The lowest BCUT2D eigenvalue weighted by Gasteiger charge is -2.37. The minimum Gasteiger partial charge on any atom is -0.489 e. The van der Waals surface area contributed by atoms with Crippen molar-refractivity contribution in [3.05, 3.63) is 100 Å². The minimum absolute atomic E-state index is 0.0584. The Bertz CT molecular complexity index is 999. The van der Waals surface area contributed by atoms with Gasteiger partial charge in [0.2, 0.25) is 0 Å². The predicted molar refractivity (Wildman–Crippen MR) is 125 cm³/mol. The molecule has 1 saturated heterocycles. The molecular formula is C26H26BrNO3. The monoisotopic (exact) mass is 479 g/mol. The Morgan fingerprint density at radius 3 is 2.35 bits per heavy atom. The number of aliphatic carboxylic acids is 1. The fraction of sp³-hybridized carbons (Fsp3) is 0.269. The summed E-state index contributed by atoms with van der Waals surface area (Å²) in [6.45, 7) is 2.04. The fourth-order valence-corrected chi connectivity index (χ4v) is 4.44. The van der Waals surface area contributed by atoms with E-state index in [1.165, 1.54) is 5.56 Å². The Balaban J connectivity index is 1.58. The van der Waals surface area contributed by atoms with Gasteiger partial charge in [0, 0.05) is 4.47 Å². The van der Waals surface area contributed by atoms with E-state index >= 15 is 0 Å². The molecule has 1 unspecified atom stereocenters. The maximum atomic E-state index is 11.4. The van der Waals surface area contributed by atoms with Gasteiger partial charge < -0.3 is 9.84 Å². The average Bonchev–Trinajstić information content (AvgIpc) is 2.80. The maximum Gasteiger partial charge on any atom is 0.306 e. The first-order chi connectivity index (χ1) is 15.1. The van der Waals surface area contributed by atoms with Gasteiger partial charge in [0.1, 0.15) is 12.4 Å². The highest BCUT2D eigenvalue weighted by atomic mass is 79.9. The van der Waals surface area contributed by atoms with Crippen molar-refractivity contribution >= 4 is 21.9 Å². The number of halogens is 1. The maximum absolute atomic E-state index is 11.4. The van der Waals surface area contributed by atoms with Crippen LogP contribution in [0.25, 0.3) is 0 Å². The second-order valence-corrected chi connectivity index (χ2v) is 8.87. The number of piperidine rings is 1. The average molecular weight is 480 g/mol. The zero-order chi connectivity index (χ0) is 21.6. The Labute approximate surface area is 191 Å². The third kappa shape index (κ3) is 5.54. The van der Waals surface area contributed by atoms with Crippen molar-refractivity contribution in [1.29, 1.82) is 0 Å². The molecule has 4 rings (SSSR count). The number of nitrogens with zero attached hydrogens (tertiary/aromatic N) is 1. The SMILES string of the molecule is O=C(O)C1CCN(C(c2ccc(Br)cc2)c2cccc(OCc3ccccc3)c2)CC1. The van der Waals surface area contributed by atoms with Gasteiger partial charge in [-0.15, -0.1) is 0 Å². The number of carbonyl (C=O) groups is 1. The molecule has 3 aromatic rings. The number of rotatable bonds is 7. The first kappa shape index (κ1) is 21.6. The molecule has 0 bridgehead atoms. The molecular weight excluding hydrogens is 454 g/mol. The molecule has 0 aliphatic carbocycles. The quantitative estimate of drug-likeness (QED) is 0.457. The number of benzene rings is 3. The second kappa shape index (κ2) is 10.1. The number of hydrogen-bond acceptors (Lipinski definition) is 3. The van der Waals surface area contributed by atoms with E-state index < -0.39 is 5.97 Å². The van der Waals surface area contributed by atoms with Crippen molar-refractivity contribution in [1.82, 2.24) is 4.90 Å². The van der Waals surface area contributed by atoms with Crippen LogP contribution in [0, 0.1) is 5.92 Å². The van der Waals surface area contributed by atoms with E-state index in [9.17, 15) is 9.90 Å². The van der Waals surface area contributed by atoms with Crippen LogP contribution in [0.15, 0.2) is 83.3 Å². The van der Waals surface area contributed by atoms with Crippen LogP contribution in [0.4, 0.5) is 0 Å². The largest absolute Gasteiger partial charge is 0.489 e. The molecule has 5 heteroatoms. The lowest BCUT2D eigenvalue weighted by molar-refractivity contribution is -0.143. The molecule has 1 atom stereocenters. The Hall–Kier alpha value is -2.63. The van der Waals surface area contributed by atoms with Gasteiger partial charge in [-0.1, -0.05) is 70.5 Å². The molecule has 160 valence electrons. The number of hydrogen-bond donors (Lipinski definition) is 1. The molecule has 31 heavy (non-hydrogen) atoms. The number of ether oxygens (including phenoxy) is 1. The van der Waals surface area contributed by atoms with Gasteiger partial charge in [-0.3, -0.25) is 9.69 Å². The lowest BCUT2D eigenvalue weighted by Crippen LogP contribution is -2.39. The van der Waals surface area contributed by atoms with E-state index in [0.717, 1.165) is 34.4 Å². The summed E-state index contributed by atoms with van der Waals surface area (Å²) in [6, 6.07) is 26.8. The van der Waals surface area contributed by atoms with E-state index in [2.05, 4.69) is 69.4 Å². The van der Waals surface area contributed by atoms with Gasteiger partial charge in [0.15, 0.2) is 0 Å². The molecule has 1 aliphatic heterocycles. The molecule has 0 radical (unpaired) electrons. The van der Waals surface area contributed by atoms with Crippen molar-refractivity contribution in [2.45, 2.75) is 25.5 Å². The van der Waals surface area contributed by atoms with Gasteiger partial charge in [-0.25, -0.2) is 0 Å². The molecule has 0 amide bonds.